The van der Waals surface area contributed by atoms with E-state index in [1.807, 2.05) is 57.2 Å². The number of nitrogens with one attached hydrogen (secondary N) is 2. The van der Waals surface area contributed by atoms with Gasteiger partial charge >= 0.3 is 13.0 Å². The highest BCUT2D eigenvalue weighted by Crippen LogP contribution is 2.35. The van der Waals surface area contributed by atoms with Crippen LogP contribution in [0.4, 0.5) is 4.79 Å². The lowest BCUT2D eigenvalue weighted by Gasteiger charge is -2.45. The molecule has 2 aromatic rings. The van der Waals surface area contributed by atoms with E-state index < -0.39 is 24.2 Å². The van der Waals surface area contributed by atoms with E-state index in [9.17, 15) is 4.79 Å². The second-order valence-corrected chi connectivity index (χ2v) is 7.41. The second kappa shape index (κ2) is 6.48. The third-order valence-corrected chi connectivity index (χ3v) is 4.73. The van der Waals surface area contributed by atoms with Crippen LogP contribution in [-0.4, -0.2) is 65.2 Å². The minimum atomic E-state index is -1.15. The summed E-state index contributed by atoms with van der Waals surface area (Å²) in [5.41, 5.74) is 2.68. The Morgan fingerprint density at radius 3 is 2.80 bits per heavy atom. The summed E-state index contributed by atoms with van der Waals surface area (Å²) in [6.45, 7) is 4.04. The number of aromatic nitrogens is 1. The van der Waals surface area contributed by atoms with Crippen LogP contribution in [0.2, 0.25) is 0 Å². The average molecular weight is 333 g/mol. The molecule has 0 saturated carbocycles. The Bertz CT molecular complexity index is 789. The minimum absolute atomic E-state index is 0.339. The van der Waals surface area contributed by atoms with Crippen LogP contribution in [0.15, 0.2) is 24.4 Å². The number of carbonyl (C=O) groups excluding carboxylic acids is 1. The summed E-state index contributed by atoms with van der Waals surface area (Å²) in [4.78, 5) is 17.4. The summed E-state index contributed by atoms with van der Waals surface area (Å²) in [5, 5.41) is 2.58. The van der Waals surface area contributed by atoms with Gasteiger partial charge in [0.2, 0.25) is 0 Å². The van der Waals surface area contributed by atoms with Gasteiger partial charge in [0.05, 0.1) is 15.7 Å². The maximum absolute atomic E-state index is 12.3. The van der Waals surface area contributed by atoms with Gasteiger partial charge in [-0.25, -0.2) is 4.79 Å². The van der Waals surface area contributed by atoms with Gasteiger partial charge in [-0.3, -0.25) is 0 Å². The maximum atomic E-state index is 12.3. The summed E-state index contributed by atoms with van der Waals surface area (Å²) in [6, 6.07) is 5.86. The SMILES string of the molecule is [B]C1([B])c2c[nH]c3cccc(c23)B(OC(=O)NCC(C)C)C1N(C)C. The molecule has 2 N–H and O–H groups in total. The van der Waals surface area contributed by atoms with E-state index in [1.54, 1.807) is 0 Å². The molecule has 4 radical (unpaired) electrons. The Balaban J connectivity index is 2.04. The maximum Gasteiger partial charge on any atom is 0.415 e. The molecule has 1 aromatic heterocycles. The number of carbonyl (C=O) groups is 1. The lowest BCUT2D eigenvalue weighted by atomic mass is 9.32. The van der Waals surface area contributed by atoms with Gasteiger partial charge in [0.25, 0.3) is 0 Å². The Labute approximate surface area is 151 Å². The van der Waals surface area contributed by atoms with E-state index in [0.29, 0.717) is 12.5 Å². The first-order valence-corrected chi connectivity index (χ1v) is 8.52. The number of nitrogens with zero attached hydrogens (tertiary/aromatic N) is 1. The van der Waals surface area contributed by atoms with Crippen LogP contribution in [0, 0.1) is 5.92 Å². The fourth-order valence-corrected chi connectivity index (χ4v) is 3.64. The molecule has 1 atom stereocenters. The van der Waals surface area contributed by atoms with Crippen molar-refractivity contribution in [3.05, 3.63) is 30.0 Å². The molecule has 1 aliphatic heterocycles. The summed E-state index contributed by atoms with van der Waals surface area (Å²) in [6.07, 6.45) is 1.39. The van der Waals surface area contributed by atoms with Crippen molar-refractivity contribution in [2.75, 3.05) is 20.6 Å². The molecule has 1 unspecified atom stereocenters. The molecule has 1 aromatic carbocycles. The van der Waals surface area contributed by atoms with E-state index in [-0.39, 0.29) is 0 Å². The average Bonchev–Trinajstić information content (AvgIpc) is 2.95. The van der Waals surface area contributed by atoms with E-state index in [2.05, 4.69) is 10.3 Å². The molecule has 1 aliphatic rings. The Hall–Kier alpha value is -1.82. The number of hydrogen-bond acceptors (Lipinski definition) is 3. The molecule has 25 heavy (non-hydrogen) atoms. The number of amides is 1. The molecule has 0 saturated heterocycles. The Morgan fingerprint density at radius 1 is 1.44 bits per heavy atom. The predicted molar refractivity (Wildman–Crippen MR) is 104 cm³/mol. The topological polar surface area (TPSA) is 57.4 Å². The highest BCUT2D eigenvalue weighted by Gasteiger charge is 2.49. The van der Waals surface area contributed by atoms with E-state index >= 15 is 0 Å². The number of benzene rings is 1. The van der Waals surface area contributed by atoms with Crippen LogP contribution in [0.25, 0.3) is 10.9 Å². The molecule has 0 bridgehead atoms. The molecule has 1 amide bonds. The number of aromatic amines is 1. The zero-order valence-corrected chi connectivity index (χ0v) is 15.2. The van der Waals surface area contributed by atoms with Crippen LogP contribution in [-0.2, 0) is 9.87 Å². The van der Waals surface area contributed by atoms with Crippen molar-refractivity contribution in [3.63, 3.8) is 0 Å². The molecule has 0 aliphatic carbocycles. The highest BCUT2D eigenvalue weighted by molar-refractivity contribution is 6.76. The first kappa shape index (κ1) is 18.0. The zero-order valence-electron chi connectivity index (χ0n) is 15.2. The van der Waals surface area contributed by atoms with Crippen molar-refractivity contribution >= 4 is 45.1 Å². The molecule has 2 heterocycles. The third-order valence-electron chi connectivity index (χ3n) is 4.73. The quantitative estimate of drug-likeness (QED) is 0.811. The van der Waals surface area contributed by atoms with Crippen LogP contribution in [0.3, 0.4) is 0 Å². The summed E-state index contributed by atoms with van der Waals surface area (Å²) in [7, 11) is 16.8. The number of rotatable bonds is 4. The van der Waals surface area contributed by atoms with Gasteiger partial charge in [0.15, 0.2) is 0 Å². The minimum Gasteiger partial charge on any atom is -0.514 e. The van der Waals surface area contributed by atoms with Crippen LogP contribution < -0.4 is 10.8 Å². The predicted octanol–water partition coefficient (Wildman–Crippen LogP) is 0.721. The van der Waals surface area contributed by atoms with Crippen molar-refractivity contribution < 1.29 is 9.45 Å². The molecule has 3 rings (SSSR count). The van der Waals surface area contributed by atoms with Gasteiger partial charge in [0.1, 0.15) is 0 Å². The van der Waals surface area contributed by atoms with Crippen molar-refractivity contribution in [1.29, 1.82) is 0 Å². The monoisotopic (exact) mass is 333 g/mol. The molecule has 0 spiro atoms. The van der Waals surface area contributed by atoms with E-state index in [4.69, 9.17) is 20.3 Å². The molecular weight excluding hydrogens is 311 g/mol. The van der Waals surface area contributed by atoms with Gasteiger partial charge < -0.3 is 19.9 Å². The smallest absolute Gasteiger partial charge is 0.415 e. The summed E-state index contributed by atoms with van der Waals surface area (Å²) < 4.78 is 5.80. The number of H-pyrrole nitrogens is 1. The number of likely N-dealkylation sites (N-methyl/N-ethyl adjacent to an activating group) is 1. The molecule has 5 nitrogen and oxygen atoms in total. The van der Waals surface area contributed by atoms with Crippen LogP contribution >= 0.6 is 0 Å². The normalized spacial score (nSPS) is 18.8. The van der Waals surface area contributed by atoms with Crippen molar-refractivity contribution in [2.24, 2.45) is 5.92 Å². The first-order valence-electron chi connectivity index (χ1n) is 8.52. The van der Waals surface area contributed by atoms with Crippen molar-refractivity contribution in [3.8, 4) is 0 Å². The standard InChI is InChI=1S/C17H22B3N3O2/c1-10(2)8-22-16(24)25-20-12-6-5-7-13-14(12)11(9-21-13)17(18,19)15(20)23(3)4/h5-7,9-10,15,21H,8H2,1-4H3,(H,22,24). The first-order chi connectivity index (χ1) is 11.7. The van der Waals surface area contributed by atoms with E-state index in [0.717, 1.165) is 21.9 Å². The lowest BCUT2D eigenvalue weighted by molar-refractivity contribution is 0.194. The molecule has 8 heteroatoms. The van der Waals surface area contributed by atoms with Crippen LogP contribution in [0.1, 0.15) is 19.4 Å². The van der Waals surface area contributed by atoms with Gasteiger partial charge in [-0.2, -0.15) is 0 Å². The second-order valence-electron chi connectivity index (χ2n) is 7.41. The fraction of sp³-hybridized carbons (Fsp3) is 0.471. The Kier molecular flexibility index (Phi) is 4.67. The van der Waals surface area contributed by atoms with Gasteiger partial charge in [-0.05, 0) is 42.5 Å². The van der Waals surface area contributed by atoms with Crippen molar-refractivity contribution in [2.45, 2.75) is 25.0 Å². The number of hydrogen-bond donors (Lipinski definition) is 2. The van der Waals surface area contributed by atoms with E-state index in [1.165, 1.54) is 0 Å². The van der Waals surface area contributed by atoms with Gasteiger partial charge in [-0.15, -0.1) is 0 Å². The Morgan fingerprint density at radius 2 is 2.16 bits per heavy atom. The van der Waals surface area contributed by atoms with Gasteiger partial charge in [-0.1, -0.05) is 31.2 Å². The molecule has 0 fully saturated rings. The molecular formula is C17H22B3N3O2. The summed E-state index contributed by atoms with van der Waals surface area (Å²) >= 11 is 0. The van der Waals surface area contributed by atoms with Crippen molar-refractivity contribution in [1.82, 2.24) is 15.2 Å². The van der Waals surface area contributed by atoms with Gasteiger partial charge in [0, 0.05) is 24.2 Å². The third kappa shape index (κ3) is 3.08. The fourth-order valence-electron chi connectivity index (χ4n) is 3.64. The molecule has 126 valence electrons. The lowest BCUT2D eigenvalue weighted by Crippen LogP contribution is -2.66. The summed E-state index contributed by atoms with van der Waals surface area (Å²) in [5.74, 6) is -0.0578. The zero-order chi connectivity index (χ0) is 18.4. The highest BCUT2D eigenvalue weighted by atomic mass is 16.5. The largest absolute Gasteiger partial charge is 0.514 e. The van der Waals surface area contributed by atoms with Crippen LogP contribution in [0.5, 0.6) is 0 Å².